The van der Waals surface area contributed by atoms with Crippen LogP contribution in [0.2, 0.25) is 0 Å². The molecular weight excluding hydrogens is 480 g/mol. The normalized spacial score (nSPS) is 15.5. The molecule has 0 bridgehead atoms. The van der Waals surface area contributed by atoms with Gasteiger partial charge in [0.2, 0.25) is 0 Å². The fourth-order valence-electron chi connectivity index (χ4n) is 3.98. The highest BCUT2D eigenvalue weighted by Crippen LogP contribution is 2.32. The number of anilines is 1. The highest BCUT2D eigenvalue weighted by atomic mass is 79.9. The average molecular weight is 506 g/mol. The van der Waals surface area contributed by atoms with Crippen molar-refractivity contribution in [2.75, 3.05) is 18.0 Å². The molecule has 2 aromatic carbocycles. The number of thiazole rings is 1. The van der Waals surface area contributed by atoms with Gasteiger partial charge in [0.05, 0.1) is 15.8 Å². The SMILES string of the molecule is Cc1cc(C)cc(-c2csc(N3CCC(S(=O)(=O)c4ccc(CBr)cc4)CC3)n2)c1. The molecule has 2 heterocycles. The van der Waals surface area contributed by atoms with Gasteiger partial charge in [0.15, 0.2) is 15.0 Å². The van der Waals surface area contributed by atoms with Crippen molar-refractivity contribution in [3.05, 3.63) is 64.5 Å². The van der Waals surface area contributed by atoms with Crippen LogP contribution in [0.3, 0.4) is 0 Å². The number of halogens is 1. The number of hydrogen-bond donors (Lipinski definition) is 0. The van der Waals surface area contributed by atoms with Crippen LogP contribution in [0.5, 0.6) is 0 Å². The van der Waals surface area contributed by atoms with E-state index in [9.17, 15) is 8.42 Å². The third kappa shape index (κ3) is 4.48. The molecule has 0 amide bonds. The summed E-state index contributed by atoms with van der Waals surface area (Å²) in [5.41, 5.74) is 5.67. The number of nitrogens with zero attached hydrogens (tertiary/aromatic N) is 2. The first-order valence-corrected chi connectivity index (χ1v) is 13.6. The summed E-state index contributed by atoms with van der Waals surface area (Å²) in [6, 6.07) is 13.7. The maximum absolute atomic E-state index is 13.0. The van der Waals surface area contributed by atoms with Crippen LogP contribution in [0.4, 0.5) is 5.13 Å². The summed E-state index contributed by atoms with van der Waals surface area (Å²) >= 11 is 5.03. The van der Waals surface area contributed by atoms with E-state index in [-0.39, 0.29) is 5.25 Å². The molecule has 1 aliphatic heterocycles. The number of sulfone groups is 1. The van der Waals surface area contributed by atoms with E-state index in [4.69, 9.17) is 4.98 Å². The Labute approximate surface area is 191 Å². The highest BCUT2D eigenvalue weighted by Gasteiger charge is 2.32. The number of rotatable bonds is 5. The summed E-state index contributed by atoms with van der Waals surface area (Å²) in [7, 11) is -3.30. The summed E-state index contributed by atoms with van der Waals surface area (Å²) in [5, 5.41) is 3.46. The lowest BCUT2D eigenvalue weighted by atomic mass is 10.1. The summed E-state index contributed by atoms with van der Waals surface area (Å²) in [6.45, 7) is 5.62. The molecule has 0 unspecified atom stereocenters. The molecule has 7 heteroatoms. The fraction of sp³-hybridized carbons (Fsp3) is 0.348. The minimum absolute atomic E-state index is 0.331. The van der Waals surface area contributed by atoms with Crippen LogP contribution in [-0.4, -0.2) is 31.7 Å². The largest absolute Gasteiger partial charge is 0.348 e. The van der Waals surface area contributed by atoms with Crippen molar-refractivity contribution in [2.24, 2.45) is 0 Å². The van der Waals surface area contributed by atoms with Crippen molar-refractivity contribution >= 4 is 42.2 Å². The van der Waals surface area contributed by atoms with Crippen molar-refractivity contribution in [1.29, 1.82) is 0 Å². The summed E-state index contributed by atoms with van der Waals surface area (Å²) in [5.74, 6) is 0. The minimum atomic E-state index is -3.30. The van der Waals surface area contributed by atoms with Crippen molar-refractivity contribution in [3.63, 3.8) is 0 Å². The molecule has 0 radical (unpaired) electrons. The lowest BCUT2D eigenvalue weighted by Crippen LogP contribution is -2.39. The monoisotopic (exact) mass is 504 g/mol. The van der Waals surface area contributed by atoms with Gasteiger partial charge < -0.3 is 4.90 Å². The second kappa shape index (κ2) is 8.81. The first-order valence-electron chi connectivity index (χ1n) is 10.0. The molecule has 0 N–H and O–H groups in total. The molecule has 4 rings (SSSR count). The van der Waals surface area contributed by atoms with Gasteiger partial charge in [-0.05, 0) is 56.5 Å². The third-order valence-electron chi connectivity index (χ3n) is 5.57. The Bertz CT molecular complexity index is 1110. The number of aryl methyl sites for hydroxylation is 2. The number of piperidine rings is 1. The van der Waals surface area contributed by atoms with Crippen molar-refractivity contribution in [1.82, 2.24) is 4.98 Å². The van der Waals surface area contributed by atoms with Gasteiger partial charge in [-0.2, -0.15) is 0 Å². The van der Waals surface area contributed by atoms with E-state index in [1.807, 2.05) is 12.1 Å². The predicted molar refractivity (Wildman–Crippen MR) is 129 cm³/mol. The Kier molecular flexibility index (Phi) is 6.32. The number of aromatic nitrogens is 1. The Morgan fingerprint density at radius 3 is 2.30 bits per heavy atom. The molecule has 4 nitrogen and oxygen atoms in total. The molecule has 0 aliphatic carbocycles. The molecule has 1 fully saturated rings. The second-order valence-corrected chi connectivity index (χ2v) is 11.5. The van der Waals surface area contributed by atoms with Crippen LogP contribution >= 0.6 is 27.3 Å². The Hall–Kier alpha value is -1.70. The Morgan fingerprint density at radius 2 is 1.70 bits per heavy atom. The zero-order chi connectivity index (χ0) is 21.3. The summed E-state index contributed by atoms with van der Waals surface area (Å²) < 4.78 is 26.1. The molecule has 30 heavy (non-hydrogen) atoms. The molecule has 3 aromatic rings. The van der Waals surface area contributed by atoms with Crippen LogP contribution in [0.1, 0.15) is 29.5 Å². The highest BCUT2D eigenvalue weighted by molar-refractivity contribution is 9.08. The van der Waals surface area contributed by atoms with E-state index in [1.165, 1.54) is 11.1 Å². The average Bonchev–Trinajstić information content (AvgIpc) is 3.23. The van der Waals surface area contributed by atoms with Crippen LogP contribution < -0.4 is 4.90 Å². The zero-order valence-corrected chi connectivity index (χ0v) is 20.4. The first-order chi connectivity index (χ1) is 14.4. The van der Waals surface area contributed by atoms with Crippen molar-refractivity contribution in [3.8, 4) is 11.3 Å². The van der Waals surface area contributed by atoms with Gasteiger partial charge in [0.25, 0.3) is 0 Å². The van der Waals surface area contributed by atoms with Crippen LogP contribution in [-0.2, 0) is 15.2 Å². The predicted octanol–water partition coefficient (Wildman–Crippen LogP) is 5.76. The van der Waals surface area contributed by atoms with Crippen LogP contribution in [0.15, 0.2) is 52.7 Å². The van der Waals surface area contributed by atoms with Crippen LogP contribution in [0, 0.1) is 13.8 Å². The smallest absolute Gasteiger partial charge is 0.185 e. The van der Waals surface area contributed by atoms with E-state index in [1.54, 1.807) is 23.5 Å². The van der Waals surface area contributed by atoms with E-state index in [2.05, 4.69) is 58.3 Å². The van der Waals surface area contributed by atoms with E-state index in [0.717, 1.165) is 27.3 Å². The van der Waals surface area contributed by atoms with Gasteiger partial charge in [0, 0.05) is 29.4 Å². The lowest BCUT2D eigenvalue weighted by Gasteiger charge is -2.31. The van der Waals surface area contributed by atoms with E-state index >= 15 is 0 Å². The maximum atomic E-state index is 13.0. The lowest BCUT2D eigenvalue weighted by molar-refractivity contribution is 0.529. The van der Waals surface area contributed by atoms with Gasteiger partial charge in [0.1, 0.15) is 0 Å². The topological polar surface area (TPSA) is 50.3 Å². The van der Waals surface area contributed by atoms with Gasteiger partial charge >= 0.3 is 0 Å². The van der Waals surface area contributed by atoms with Gasteiger partial charge in [-0.3, -0.25) is 0 Å². The third-order valence-corrected chi connectivity index (χ3v) is 9.39. The fourth-order valence-corrected chi connectivity index (χ4v) is 6.98. The second-order valence-electron chi connectivity index (χ2n) is 7.90. The van der Waals surface area contributed by atoms with Crippen molar-refractivity contribution < 1.29 is 8.42 Å². The molecule has 0 spiro atoms. The van der Waals surface area contributed by atoms with Gasteiger partial charge in [-0.1, -0.05) is 45.3 Å². The zero-order valence-electron chi connectivity index (χ0n) is 17.1. The van der Waals surface area contributed by atoms with Gasteiger partial charge in [-0.15, -0.1) is 11.3 Å². The molecule has 158 valence electrons. The number of benzene rings is 2. The molecule has 1 aromatic heterocycles. The molecule has 1 saturated heterocycles. The first kappa shape index (κ1) is 21.5. The Balaban J connectivity index is 1.45. The molecule has 0 saturated carbocycles. The standard InChI is InChI=1S/C23H25BrN2O2S2/c1-16-11-17(2)13-19(12-16)22-15-29-23(25-22)26-9-7-21(8-10-26)30(27,28)20-5-3-18(14-24)4-6-20/h3-6,11-13,15,21H,7-10,14H2,1-2H3. The summed E-state index contributed by atoms with van der Waals surface area (Å²) in [4.78, 5) is 7.49. The van der Waals surface area contributed by atoms with Crippen molar-refractivity contribution in [2.45, 2.75) is 42.2 Å². The molecular formula is C23H25BrN2O2S2. The maximum Gasteiger partial charge on any atom is 0.185 e. The Morgan fingerprint density at radius 1 is 1.07 bits per heavy atom. The quantitative estimate of drug-likeness (QED) is 0.414. The van der Waals surface area contributed by atoms with Gasteiger partial charge in [-0.25, -0.2) is 13.4 Å². The van der Waals surface area contributed by atoms with E-state index in [0.29, 0.717) is 30.8 Å². The number of hydrogen-bond acceptors (Lipinski definition) is 5. The molecule has 0 atom stereocenters. The summed E-state index contributed by atoms with van der Waals surface area (Å²) in [6.07, 6.45) is 1.25. The molecule has 1 aliphatic rings. The van der Waals surface area contributed by atoms with E-state index < -0.39 is 9.84 Å². The number of alkyl halides is 1. The van der Waals surface area contributed by atoms with Crippen LogP contribution in [0.25, 0.3) is 11.3 Å². The minimum Gasteiger partial charge on any atom is -0.348 e.